The Morgan fingerprint density at radius 3 is 2.81 bits per heavy atom. The van der Waals surface area contributed by atoms with Gasteiger partial charge in [0, 0.05) is 51.3 Å². The van der Waals surface area contributed by atoms with Gasteiger partial charge < -0.3 is 25.0 Å². The molecule has 3 heterocycles. The second-order valence-corrected chi connectivity index (χ2v) is 6.77. The van der Waals surface area contributed by atoms with Crippen molar-refractivity contribution in [2.75, 3.05) is 44.4 Å². The minimum Gasteiger partial charge on any atom is -0.379 e. The lowest BCUT2D eigenvalue weighted by Gasteiger charge is -2.32. The van der Waals surface area contributed by atoms with E-state index in [0.717, 1.165) is 57.7 Å². The standard InChI is InChI=1S/C18H29N5O3/c24-18(21-9-3-12-25-14-16-4-1-13-26-16)22-15-5-10-23(11-6-15)17-19-7-2-8-20-17/h2,7-8,15-16H,1,3-6,9-14H2,(H2,21,22,24). The van der Waals surface area contributed by atoms with Crippen molar-refractivity contribution in [1.82, 2.24) is 20.6 Å². The largest absolute Gasteiger partial charge is 0.379 e. The number of aromatic nitrogens is 2. The number of rotatable bonds is 8. The number of carbonyl (C=O) groups excluding carboxylic acids is 1. The summed E-state index contributed by atoms with van der Waals surface area (Å²) in [4.78, 5) is 22.7. The summed E-state index contributed by atoms with van der Waals surface area (Å²) in [7, 11) is 0. The van der Waals surface area contributed by atoms with Crippen molar-refractivity contribution in [2.45, 2.75) is 44.2 Å². The van der Waals surface area contributed by atoms with Gasteiger partial charge in [-0.05, 0) is 38.2 Å². The topological polar surface area (TPSA) is 88.6 Å². The first-order valence-electron chi connectivity index (χ1n) is 9.57. The van der Waals surface area contributed by atoms with E-state index in [1.165, 1.54) is 0 Å². The number of nitrogens with zero attached hydrogens (tertiary/aromatic N) is 3. The number of piperidine rings is 1. The second-order valence-electron chi connectivity index (χ2n) is 6.77. The van der Waals surface area contributed by atoms with E-state index in [1.54, 1.807) is 12.4 Å². The highest BCUT2D eigenvalue weighted by atomic mass is 16.5. The summed E-state index contributed by atoms with van der Waals surface area (Å²) in [6.07, 6.45) is 8.60. The lowest BCUT2D eigenvalue weighted by molar-refractivity contribution is 0.0168. The molecule has 26 heavy (non-hydrogen) atoms. The summed E-state index contributed by atoms with van der Waals surface area (Å²) in [6, 6.07) is 1.92. The predicted molar refractivity (Wildman–Crippen MR) is 98.2 cm³/mol. The molecule has 0 aliphatic carbocycles. The number of ether oxygens (including phenoxy) is 2. The van der Waals surface area contributed by atoms with Crippen LogP contribution in [0.4, 0.5) is 10.7 Å². The Labute approximate surface area is 154 Å². The molecule has 1 unspecified atom stereocenters. The highest BCUT2D eigenvalue weighted by Gasteiger charge is 2.22. The Balaban J connectivity index is 1.22. The normalized spacial score (nSPS) is 20.9. The van der Waals surface area contributed by atoms with Gasteiger partial charge in [-0.15, -0.1) is 0 Å². The van der Waals surface area contributed by atoms with E-state index in [0.29, 0.717) is 19.8 Å². The lowest BCUT2D eigenvalue weighted by Crippen LogP contribution is -2.48. The number of hydrogen-bond acceptors (Lipinski definition) is 6. The van der Waals surface area contributed by atoms with Crippen LogP contribution in [0.5, 0.6) is 0 Å². The van der Waals surface area contributed by atoms with Gasteiger partial charge in [0.15, 0.2) is 0 Å². The quantitative estimate of drug-likeness (QED) is 0.678. The van der Waals surface area contributed by atoms with Crippen molar-refractivity contribution in [1.29, 1.82) is 0 Å². The van der Waals surface area contributed by atoms with Crippen molar-refractivity contribution in [3.05, 3.63) is 18.5 Å². The number of amides is 2. The molecule has 1 aromatic heterocycles. The van der Waals surface area contributed by atoms with Crippen LogP contribution >= 0.6 is 0 Å². The van der Waals surface area contributed by atoms with E-state index in [1.807, 2.05) is 6.07 Å². The van der Waals surface area contributed by atoms with Crippen LogP contribution in [0.15, 0.2) is 18.5 Å². The minimum absolute atomic E-state index is 0.0986. The van der Waals surface area contributed by atoms with Crippen LogP contribution in [-0.2, 0) is 9.47 Å². The van der Waals surface area contributed by atoms with Gasteiger partial charge in [0.2, 0.25) is 5.95 Å². The summed E-state index contributed by atoms with van der Waals surface area (Å²) in [5.41, 5.74) is 0. The number of carbonyl (C=O) groups is 1. The van der Waals surface area contributed by atoms with Crippen molar-refractivity contribution in [3.8, 4) is 0 Å². The fraction of sp³-hybridized carbons (Fsp3) is 0.722. The first-order valence-corrected chi connectivity index (χ1v) is 9.57. The number of hydrogen-bond donors (Lipinski definition) is 2. The maximum absolute atomic E-state index is 12.0. The average Bonchev–Trinajstić information content (AvgIpc) is 3.19. The van der Waals surface area contributed by atoms with Crippen molar-refractivity contribution < 1.29 is 14.3 Å². The fourth-order valence-corrected chi connectivity index (χ4v) is 3.28. The van der Waals surface area contributed by atoms with E-state index < -0.39 is 0 Å². The van der Waals surface area contributed by atoms with Crippen molar-refractivity contribution in [2.24, 2.45) is 0 Å². The third-order valence-electron chi connectivity index (χ3n) is 4.74. The molecule has 2 saturated heterocycles. The van der Waals surface area contributed by atoms with Crippen LogP contribution in [0.2, 0.25) is 0 Å². The Hall–Kier alpha value is -1.93. The summed E-state index contributed by atoms with van der Waals surface area (Å²) >= 11 is 0. The lowest BCUT2D eigenvalue weighted by atomic mass is 10.1. The molecule has 8 heteroatoms. The minimum atomic E-state index is -0.0986. The monoisotopic (exact) mass is 363 g/mol. The first-order chi connectivity index (χ1) is 12.8. The fourth-order valence-electron chi connectivity index (χ4n) is 3.28. The zero-order valence-electron chi connectivity index (χ0n) is 15.2. The Kier molecular flexibility index (Phi) is 7.45. The summed E-state index contributed by atoms with van der Waals surface area (Å²) in [5.74, 6) is 0.762. The molecule has 2 amide bonds. The van der Waals surface area contributed by atoms with Crippen molar-refractivity contribution >= 4 is 12.0 Å². The van der Waals surface area contributed by atoms with E-state index in [2.05, 4.69) is 25.5 Å². The third-order valence-corrected chi connectivity index (χ3v) is 4.74. The smallest absolute Gasteiger partial charge is 0.315 e. The molecular formula is C18H29N5O3. The Bertz CT molecular complexity index is 531. The van der Waals surface area contributed by atoms with Gasteiger partial charge in [-0.2, -0.15) is 0 Å². The molecule has 2 aliphatic heterocycles. The van der Waals surface area contributed by atoms with E-state index >= 15 is 0 Å². The number of urea groups is 1. The molecule has 1 atom stereocenters. The molecule has 0 saturated carbocycles. The van der Waals surface area contributed by atoms with Crippen molar-refractivity contribution in [3.63, 3.8) is 0 Å². The highest BCUT2D eigenvalue weighted by molar-refractivity contribution is 5.74. The summed E-state index contributed by atoms with van der Waals surface area (Å²) in [6.45, 7) is 4.49. The van der Waals surface area contributed by atoms with Crippen LogP contribution in [0.3, 0.4) is 0 Å². The van der Waals surface area contributed by atoms with Gasteiger partial charge in [0.25, 0.3) is 0 Å². The molecule has 8 nitrogen and oxygen atoms in total. The maximum Gasteiger partial charge on any atom is 0.315 e. The molecule has 0 spiro atoms. The van der Waals surface area contributed by atoms with Gasteiger partial charge in [-0.25, -0.2) is 14.8 Å². The van der Waals surface area contributed by atoms with Crippen LogP contribution in [0.1, 0.15) is 32.1 Å². The van der Waals surface area contributed by atoms with Crippen LogP contribution in [0, 0.1) is 0 Å². The molecule has 2 fully saturated rings. The molecule has 0 radical (unpaired) electrons. The summed E-state index contributed by atoms with van der Waals surface area (Å²) in [5, 5.41) is 5.95. The predicted octanol–water partition coefficient (Wildman–Crippen LogP) is 1.33. The molecule has 3 rings (SSSR count). The van der Waals surface area contributed by atoms with Gasteiger partial charge in [0.1, 0.15) is 0 Å². The molecular weight excluding hydrogens is 334 g/mol. The molecule has 144 valence electrons. The number of nitrogens with one attached hydrogen (secondary N) is 2. The SMILES string of the molecule is O=C(NCCCOCC1CCCO1)NC1CCN(c2ncccn2)CC1. The first kappa shape index (κ1) is 18.8. The molecule has 0 aromatic carbocycles. The molecule has 1 aromatic rings. The van der Waals surface area contributed by atoms with E-state index in [-0.39, 0.29) is 18.2 Å². The second kappa shape index (κ2) is 10.3. The maximum atomic E-state index is 12.0. The van der Waals surface area contributed by atoms with Gasteiger partial charge in [-0.1, -0.05) is 0 Å². The van der Waals surface area contributed by atoms with Gasteiger partial charge in [-0.3, -0.25) is 0 Å². The van der Waals surface area contributed by atoms with Crippen LogP contribution in [0.25, 0.3) is 0 Å². The van der Waals surface area contributed by atoms with Gasteiger partial charge in [0.05, 0.1) is 12.7 Å². The van der Waals surface area contributed by atoms with Gasteiger partial charge >= 0.3 is 6.03 Å². The number of anilines is 1. The summed E-state index contributed by atoms with van der Waals surface area (Å²) < 4.78 is 11.1. The molecule has 0 bridgehead atoms. The molecule has 2 N–H and O–H groups in total. The van der Waals surface area contributed by atoms with Crippen LogP contribution < -0.4 is 15.5 Å². The highest BCUT2D eigenvalue weighted by Crippen LogP contribution is 2.15. The Morgan fingerprint density at radius 1 is 1.27 bits per heavy atom. The zero-order chi connectivity index (χ0) is 18.0. The van der Waals surface area contributed by atoms with E-state index in [4.69, 9.17) is 9.47 Å². The third kappa shape index (κ3) is 6.10. The van der Waals surface area contributed by atoms with Crippen LogP contribution in [-0.4, -0.2) is 67.6 Å². The Morgan fingerprint density at radius 2 is 2.08 bits per heavy atom. The average molecular weight is 363 g/mol. The van der Waals surface area contributed by atoms with E-state index in [9.17, 15) is 4.79 Å². The molecule has 2 aliphatic rings. The zero-order valence-corrected chi connectivity index (χ0v) is 15.2.